The number of hydrogen-bond donors (Lipinski definition) is 0. The van der Waals surface area contributed by atoms with E-state index in [1.807, 2.05) is 11.3 Å². The van der Waals surface area contributed by atoms with Gasteiger partial charge in [-0.15, -0.1) is 11.3 Å². The Bertz CT molecular complexity index is 3480. The second-order valence-electron chi connectivity index (χ2n) is 19.1. The molecule has 0 N–H and O–H groups in total. The molecule has 0 aliphatic heterocycles. The fourth-order valence-corrected chi connectivity index (χ4v) is 13.0. The quantitative estimate of drug-likeness (QED) is 0.108. The zero-order chi connectivity index (χ0) is 45.4. The predicted molar refractivity (Wildman–Crippen MR) is 290 cm³/mol. The molecule has 0 bridgehead atoms. The van der Waals surface area contributed by atoms with Gasteiger partial charge < -0.3 is 0 Å². The van der Waals surface area contributed by atoms with Crippen LogP contribution in [0.15, 0.2) is 243 Å². The second-order valence-corrected chi connectivity index (χ2v) is 20.1. The van der Waals surface area contributed by atoms with Crippen molar-refractivity contribution in [3.05, 3.63) is 298 Å². The molecule has 12 rings (SSSR count). The van der Waals surface area contributed by atoms with Crippen molar-refractivity contribution in [3.8, 4) is 11.1 Å². The van der Waals surface area contributed by atoms with Gasteiger partial charge in [-0.3, -0.25) is 0 Å². The Balaban J connectivity index is 1.03. The zero-order valence-electron chi connectivity index (χ0n) is 38.6. The van der Waals surface area contributed by atoms with Crippen LogP contribution in [0.5, 0.6) is 0 Å². The summed E-state index contributed by atoms with van der Waals surface area (Å²) in [6.45, 7) is 2.48. The summed E-state index contributed by atoms with van der Waals surface area (Å²) in [7, 11) is 0. The summed E-state index contributed by atoms with van der Waals surface area (Å²) in [6, 6.07) is 91.8. The average Bonchev–Trinajstić information content (AvgIpc) is 3.93. The van der Waals surface area contributed by atoms with Crippen molar-refractivity contribution in [1.29, 1.82) is 0 Å². The number of fused-ring (bicyclic) bond motifs is 8. The standard InChI is InChI=1S/C67H54S/c1-46(60(42-48-23-9-3-10-24-48)52-38-40-65-61(43-52)57-32-19-20-34-64(57)68-65)50-37-39-59-62(44-50)67(54-27-13-5-14-28-54,55-29-15-6-16-30-55)63-45-53(56-31-17-18-33-58(56)66(59)63)36-35-51(49-25-11-4-12-26-49)41-47-21-7-2-8-22-47/h2-34,37-40,43-46,51,60H,35-36,41-42H2,1H3. The van der Waals surface area contributed by atoms with Crippen molar-refractivity contribution in [3.63, 3.8) is 0 Å². The van der Waals surface area contributed by atoms with E-state index in [-0.39, 0.29) is 11.8 Å². The van der Waals surface area contributed by atoms with Gasteiger partial charge in [-0.05, 0) is 139 Å². The molecule has 1 aromatic heterocycles. The molecule has 10 aromatic carbocycles. The van der Waals surface area contributed by atoms with E-state index in [0.717, 1.165) is 25.7 Å². The third kappa shape index (κ3) is 7.47. The van der Waals surface area contributed by atoms with Gasteiger partial charge in [-0.25, -0.2) is 0 Å². The van der Waals surface area contributed by atoms with Gasteiger partial charge in [-0.2, -0.15) is 0 Å². The summed E-state index contributed by atoms with van der Waals surface area (Å²) < 4.78 is 2.70. The minimum Gasteiger partial charge on any atom is -0.135 e. The molecule has 11 aromatic rings. The van der Waals surface area contributed by atoms with Crippen LogP contribution in [0.25, 0.3) is 42.1 Å². The maximum Gasteiger partial charge on any atom is 0.0713 e. The van der Waals surface area contributed by atoms with Crippen LogP contribution in [-0.2, 0) is 24.7 Å². The molecule has 1 heteroatoms. The third-order valence-corrected chi connectivity index (χ3v) is 16.4. The van der Waals surface area contributed by atoms with E-state index in [9.17, 15) is 0 Å². The highest BCUT2D eigenvalue weighted by molar-refractivity contribution is 7.25. The first-order chi connectivity index (χ1) is 33.6. The Labute approximate surface area is 405 Å². The van der Waals surface area contributed by atoms with Gasteiger partial charge in [0.05, 0.1) is 5.41 Å². The first-order valence-corrected chi connectivity index (χ1v) is 25.3. The molecule has 0 radical (unpaired) electrons. The largest absolute Gasteiger partial charge is 0.135 e. The van der Waals surface area contributed by atoms with Crippen LogP contribution in [0.3, 0.4) is 0 Å². The number of thiophene rings is 1. The zero-order valence-corrected chi connectivity index (χ0v) is 39.4. The van der Waals surface area contributed by atoms with Crippen molar-refractivity contribution in [2.45, 2.75) is 55.8 Å². The van der Waals surface area contributed by atoms with Crippen LogP contribution in [-0.4, -0.2) is 0 Å². The maximum absolute atomic E-state index is 2.63. The highest BCUT2D eigenvalue weighted by atomic mass is 32.1. The number of benzene rings is 10. The van der Waals surface area contributed by atoms with Crippen LogP contribution in [0.1, 0.15) is 86.7 Å². The van der Waals surface area contributed by atoms with Crippen LogP contribution in [0, 0.1) is 0 Å². The Morgan fingerprint density at radius 2 is 0.956 bits per heavy atom. The molecule has 1 heterocycles. The molecule has 0 fully saturated rings. The SMILES string of the molecule is CC(c1ccc2c(c1)C(c1ccccc1)(c1ccccc1)c1cc(CCC(Cc3ccccc3)c3ccccc3)c3ccccc3c1-2)C(Cc1ccccc1)c1ccc2sc3ccccc3c2c1. The minimum atomic E-state index is -0.534. The Hall–Kier alpha value is -7.32. The third-order valence-electron chi connectivity index (χ3n) is 15.3. The normalized spacial score (nSPS) is 14.1. The molecule has 328 valence electrons. The van der Waals surface area contributed by atoms with Gasteiger partial charge in [0.1, 0.15) is 0 Å². The Kier molecular flexibility index (Phi) is 11.2. The minimum absolute atomic E-state index is 0.225. The van der Waals surface area contributed by atoms with Crippen molar-refractivity contribution in [2.75, 3.05) is 0 Å². The van der Waals surface area contributed by atoms with E-state index in [1.165, 1.54) is 97.7 Å². The summed E-state index contributed by atoms with van der Waals surface area (Å²) in [5, 5.41) is 5.41. The molecular formula is C67H54S. The van der Waals surface area contributed by atoms with Gasteiger partial charge in [0, 0.05) is 20.2 Å². The molecule has 3 atom stereocenters. The van der Waals surface area contributed by atoms with Crippen molar-refractivity contribution in [1.82, 2.24) is 0 Å². The molecule has 0 saturated heterocycles. The molecule has 68 heavy (non-hydrogen) atoms. The average molecular weight is 891 g/mol. The number of rotatable bonds is 13. The van der Waals surface area contributed by atoms with Crippen LogP contribution in [0.2, 0.25) is 0 Å². The van der Waals surface area contributed by atoms with Crippen molar-refractivity contribution >= 4 is 42.3 Å². The van der Waals surface area contributed by atoms with Gasteiger partial charge in [-0.1, -0.05) is 231 Å². The second kappa shape index (κ2) is 18.1. The van der Waals surface area contributed by atoms with Crippen LogP contribution < -0.4 is 0 Å². The van der Waals surface area contributed by atoms with E-state index in [1.54, 1.807) is 0 Å². The smallest absolute Gasteiger partial charge is 0.0713 e. The molecule has 0 amide bonds. The van der Waals surface area contributed by atoms with E-state index in [2.05, 4.69) is 250 Å². The summed E-state index contributed by atoms with van der Waals surface area (Å²) in [5.41, 5.74) is 15.9. The van der Waals surface area contributed by atoms with Gasteiger partial charge in [0.25, 0.3) is 0 Å². The topological polar surface area (TPSA) is 0 Å². The van der Waals surface area contributed by atoms with Gasteiger partial charge in [0.15, 0.2) is 0 Å². The summed E-state index contributed by atoms with van der Waals surface area (Å²) in [4.78, 5) is 0. The predicted octanol–water partition coefficient (Wildman–Crippen LogP) is 17.7. The molecule has 0 nitrogen and oxygen atoms in total. The summed E-state index contributed by atoms with van der Waals surface area (Å²) >= 11 is 1.90. The molecule has 0 spiro atoms. The van der Waals surface area contributed by atoms with Crippen molar-refractivity contribution in [2.24, 2.45) is 0 Å². The lowest BCUT2D eigenvalue weighted by Gasteiger charge is -2.35. The molecule has 3 unspecified atom stereocenters. The summed E-state index contributed by atoms with van der Waals surface area (Å²) in [6.07, 6.45) is 4.00. The Morgan fingerprint density at radius 3 is 1.63 bits per heavy atom. The lowest BCUT2D eigenvalue weighted by Crippen LogP contribution is -2.29. The number of hydrogen-bond acceptors (Lipinski definition) is 1. The number of aryl methyl sites for hydroxylation is 1. The first-order valence-electron chi connectivity index (χ1n) is 24.5. The molecule has 0 saturated carbocycles. The van der Waals surface area contributed by atoms with E-state index < -0.39 is 5.41 Å². The van der Waals surface area contributed by atoms with Crippen LogP contribution >= 0.6 is 11.3 Å². The van der Waals surface area contributed by atoms with E-state index in [4.69, 9.17) is 0 Å². The van der Waals surface area contributed by atoms with E-state index >= 15 is 0 Å². The van der Waals surface area contributed by atoms with E-state index in [0.29, 0.717) is 5.92 Å². The monoisotopic (exact) mass is 890 g/mol. The van der Waals surface area contributed by atoms with Gasteiger partial charge in [0.2, 0.25) is 0 Å². The first kappa shape index (κ1) is 42.1. The maximum atomic E-state index is 2.63. The highest BCUT2D eigenvalue weighted by Gasteiger charge is 2.47. The Morgan fingerprint density at radius 1 is 0.412 bits per heavy atom. The van der Waals surface area contributed by atoms with Gasteiger partial charge >= 0.3 is 0 Å². The fraction of sp³-hybridized carbons (Fsp3) is 0.134. The molecular weight excluding hydrogens is 837 g/mol. The molecule has 1 aliphatic carbocycles. The van der Waals surface area contributed by atoms with Crippen LogP contribution in [0.4, 0.5) is 0 Å². The lowest BCUT2D eigenvalue weighted by atomic mass is 9.66. The summed E-state index contributed by atoms with van der Waals surface area (Å²) in [5.74, 6) is 0.872. The lowest BCUT2D eigenvalue weighted by molar-refractivity contribution is 0.572. The van der Waals surface area contributed by atoms with Crippen molar-refractivity contribution < 1.29 is 0 Å². The molecule has 1 aliphatic rings. The highest BCUT2D eigenvalue weighted by Crippen LogP contribution is 2.59. The fourth-order valence-electron chi connectivity index (χ4n) is 11.9.